The third-order valence-corrected chi connectivity index (χ3v) is 5.05. The summed E-state index contributed by atoms with van der Waals surface area (Å²) in [5.41, 5.74) is 1.04. The number of guanidine groups is 1. The number of carbonyl (C=O) groups is 1. The molecule has 0 radical (unpaired) electrons. The van der Waals surface area contributed by atoms with Crippen molar-refractivity contribution in [3.8, 4) is 5.88 Å². The average molecular weight is 516 g/mol. The zero-order chi connectivity index (χ0) is 19.8. The van der Waals surface area contributed by atoms with Crippen LogP contribution >= 0.6 is 24.0 Å². The standard InChI is InChI=1S/C21H32N4O3.HI/c1-3-22-21(25-11-5-6-18(14-25)20(26)27-4-2)24-13-17-9-10-19(23-12-17)28-15-16-7-8-16;/h9-10,12,16,18H,3-8,11,13-15H2,1-2H3,(H,22,24);1H. The zero-order valence-corrected chi connectivity index (χ0v) is 19.8. The van der Waals surface area contributed by atoms with Gasteiger partial charge in [-0.15, -0.1) is 24.0 Å². The fourth-order valence-corrected chi connectivity index (χ4v) is 3.29. The van der Waals surface area contributed by atoms with Crippen LogP contribution in [0.3, 0.4) is 0 Å². The molecule has 0 spiro atoms. The first kappa shape index (κ1) is 23.7. The summed E-state index contributed by atoms with van der Waals surface area (Å²) in [6.45, 7) is 7.97. The predicted octanol–water partition coefficient (Wildman–Crippen LogP) is 3.23. The number of nitrogens with one attached hydrogen (secondary N) is 1. The summed E-state index contributed by atoms with van der Waals surface area (Å²) in [5, 5.41) is 3.34. The van der Waals surface area contributed by atoms with Gasteiger partial charge in [-0.1, -0.05) is 6.07 Å². The van der Waals surface area contributed by atoms with E-state index < -0.39 is 0 Å². The normalized spacial score (nSPS) is 19.3. The van der Waals surface area contributed by atoms with Gasteiger partial charge in [-0.2, -0.15) is 0 Å². The molecule has 1 aromatic rings. The van der Waals surface area contributed by atoms with E-state index in [1.165, 1.54) is 12.8 Å². The van der Waals surface area contributed by atoms with Crippen molar-refractivity contribution in [2.24, 2.45) is 16.8 Å². The van der Waals surface area contributed by atoms with E-state index >= 15 is 0 Å². The van der Waals surface area contributed by atoms with Crippen LogP contribution in [-0.2, 0) is 16.1 Å². The first-order chi connectivity index (χ1) is 13.7. The van der Waals surface area contributed by atoms with Gasteiger partial charge in [-0.05, 0) is 51.0 Å². The molecule has 1 aromatic heterocycles. The first-order valence-electron chi connectivity index (χ1n) is 10.5. The Bertz CT molecular complexity index is 664. The maximum Gasteiger partial charge on any atom is 0.310 e. The highest BCUT2D eigenvalue weighted by atomic mass is 127. The molecule has 1 aliphatic carbocycles. The fourth-order valence-electron chi connectivity index (χ4n) is 3.29. The number of aliphatic imine (C=N–C) groups is 1. The van der Waals surface area contributed by atoms with Crippen molar-refractivity contribution in [3.05, 3.63) is 23.9 Å². The number of carbonyl (C=O) groups excluding carboxylic acids is 1. The second-order valence-electron chi connectivity index (χ2n) is 7.47. The van der Waals surface area contributed by atoms with Gasteiger partial charge in [-0.25, -0.2) is 9.98 Å². The van der Waals surface area contributed by atoms with Crippen molar-refractivity contribution in [3.63, 3.8) is 0 Å². The molecule has 1 aliphatic heterocycles. The molecule has 8 heteroatoms. The van der Waals surface area contributed by atoms with Gasteiger partial charge >= 0.3 is 5.97 Å². The van der Waals surface area contributed by atoms with E-state index in [0.717, 1.165) is 50.0 Å². The first-order valence-corrected chi connectivity index (χ1v) is 10.5. The Hall–Kier alpha value is -1.58. The van der Waals surface area contributed by atoms with Gasteiger partial charge in [0, 0.05) is 31.9 Å². The number of pyridine rings is 1. The summed E-state index contributed by atoms with van der Waals surface area (Å²) in [6.07, 6.45) is 6.21. The smallest absolute Gasteiger partial charge is 0.310 e. The monoisotopic (exact) mass is 516 g/mol. The van der Waals surface area contributed by atoms with Crippen molar-refractivity contribution in [1.82, 2.24) is 15.2 Å². The molecule has 1 saturated heterocycles. The maximum atomic E-state index is 12.1. The number of nitrogens with zero attached hydrogens (tertiary/aromatic N) is 3. The minimum absolute atomic E-state index is 0. The number of rotatable bonds is 8. The molecular weight excluding hydrogens is 483 g/mol. The van der Waals surface area contributed by atoms with E-state index in [4.69, 9.17) is 14.5 Å². The van der Waals surface area contributed by atoms with Crippen molar-refractivity contribution in [2.45, 2.75) is 46.1 Å². The Morgan fingerprint density at radius 1 is 1.31 bits per heavy atom. The Morgan fingerprint density at radius 3 is 2.79 bits per heavy atom. The number of aromatic nitrogens is 1. The topological polar surface area (TPSA) is 76.1 Å². The molecule has 1 atom stereocenters. The number of ether oxygens (including phenoxy) is 2. The van der Waals surface area contributed by atoms with E-state index in [9.17, 15) is 4.79 Å². The number of halogens is 1. The summed E-state index contributed by atoms with van der Waals surface area (Å²) in [7, 11) is 0. The molecule has 2 heterocycles. The fraction of sp³-hybridized carbons (Fsp3) is 0.667. The summed E-state index contributed by atoms with van der Waals surface area (Å²) in [4.78, 5) is 23.4. The molecule has 0 aromatic carbocycles. The molecule has 1 N–H and O–H groups in total. The summed E-state index contributed by atoms with van der Waals surface area (Å²) < 4.78 is 10.9. The lowest BCUT2D eigenvalue weighted by Gasteiger charge is -2.34. The number of esters is 1. The van der Waals surface area contributed by atoms with E-state index in [1.54, 1.807) is 0 Å². The molecule has 1 unspecified atom stereocenters. The largest absolute Gasteiger partial charge is 0.477 e. The van der Waals surface area contributed by atoms with Crippen molar-refractivity contribution in [2.75, 3.05) is 32.8 Å². The lowest BCUT2D eigenvalue weighted by Crippen LogP contribution is -2.48. The highest BCUT2D eigenvalue weighted by molar-refractivity contribution is 14.0. The van der Waals surface area contributed by atoms with Crippen LogP contribution < -0.4 is 10.1 Å². The van der Waals surface area contributed by atoms with Crippen LogP contribution in [0.5, 0.6) is 5.88 Å². The van der Waals surface area contributed by atoms with Crippen LogP contribution in [0.1, 0.15) is 45.1 Å². The van der Waals surface area contributed by atoms with Crippen LogP contribution in [0.25, 0.3) is 0 Å². The quantitative estimate of drug-likeness (QED) is 0.248. The summed E-state index contributed by atoms with van der Waals surface area (Å²) in [6, 6.07) is 3.93. The van der Waals surface area contributed by atoms with Gasteiger partial charge in [0.25, 0.3) is 0 Å². The Labute approximate surface area is 190 Å². The third kappa shape index (κ3) is 7.64. The van der Waals surface area contributed by atoms with Crippen molar-refractivity contribution >= 4 is 35.9 Å². The molecule has 0 bridgehead atoms. The van der Waals surface area contributed by atoms with Crippen molar-refractivity contribution < 1.29 is 14.3 Å². The lowest BCUT2D eigenvalue weighted by molar-refractivity contribution is -0.149. The summed E-state index contributed by atoms with van der Waals surface area (Å²) in [5.74, 6) is 2.05. The number of hydrogen-bond acceptors (Lipinski definition) is 5. The predicted molar refractivity (Wildman–Crippen MR) is 124 cm³/mol. The van der Waals surface area contributed by atoms with Gasteiger partial charge < -0.3 is 19.7 Å². The van der Waals surface area contributed by atoms with Gasteiger partial charge in [-0.3, -0.25) is 4.79 Å². The van der Waals surface area contributed by atoms with Gasteiger partial charge in [0.15, 0.2) is 5.96 Å². The van der Waals surface area contributed by atoms with E-state index in [1.807, 2.05) is 25.3 Å². The molecule has 7 nitrogen and oxygen atoms in total. The Kier molecular flexibility index (Phi) is 9.96. The molecule has 29 heavy (non-hydrogen) atoms. The minimum atomic E-state index is -0.103. The highest BCUT2D eigenvalue weighted by Gasteiger charge is 2.28. The average Bonchev–Trinajstić information content (AvgIpc) is 3.55. The van der Waals surface area contributed by atoms with Crippen LogP contribution in [0.4, 0.5) is 0 Å². The number of likely N-dealkylation sites (tertiary alicyclic amines) is 1. The molecular formula is C21H33IN4O3. The highest BCUT2D eigenvalue weighted by Crippen LogP contribution is 2.29. The van der Waals surface area contributed by atoms with Crippen LogP contribution in [0.2, 0.25) is 0 Å². The maximum absolute atomic E-state index is 12.1. The molecule has 162 valence electrons. The molecule has 3 rings (SSSR count). The number of hydrogen-bond donors (Lipinski definition) is 1. The van der Waals surface area contributed by atoms with E-state index in [2.05, 4.69) is 22.1 Å². The zero-order valence-electron chi connectivity index (χ0n) is 17.4. The lowest BCUT2D eigenvalue weighted by atomic mass is 9.98. The van der Waals surface area contributed by atoms with Crippen LogP contribution in [0.15, 0.2) is 23.3 Å². The second kappa shape index (κ2) is 12.2. The van der Waals surface area contributed by atoms with Gasteiger partial charge in [0.1, 0.15) is 0 Å². The third-order valence-electron chi connectivity index (χ3n) is 5.05. The molecule has 1 saturated carbocycles. The minimum Gasteiger partial charge on any atom is -0.477 e. The molecule has 2 aliphatic rings. The van der Waals surface area contributed by atoms with Crippen molar-refractivity contribution in [1.29, 1.82) is 0 Å². The second-order valence-corrected chi connectivity index (χ2v) is 7.47. The van der Waals surface area contributed by atoms with Crippen LogP contribution in [0, 0.1) is 11.8 Å². The summed E-state index contributed by atoms with van der Waals surface area (Å²) >= 11 is 0. The van der Waals surface area contributed by atoms with Gasteiger partial charge in [0.05, 0.1) is 25.7 Å². The number of piperidine rings is 1. The van der Waals surface area contributed by atoms with E-state index in [0.29, 0.717) is 25.6 Å². The Morgan fingerprint density at radius 2 is 2.14 bits per heavy atom. The molecule has 2 fully saturated rings. The molecule has 0 amide bonds. The van der Waals surface area contributed by atoms with Crippen LogP contribution in [-0.4, -0.2) is 54.7 Å². The van der Waals surface area contributed by atoms with Gasteiger partial charge in [0.2, 0.25) is 5.88 Å². The Balaban J connectivity index is 0.00000300. The SMILES string of the molecule is CCNC(=NCc1ccc(OCC2CC2)nc1)N1CCCC(C(=O)OCC)C1.I. The van der Waals surface area contributed by atoms with E-state index in [-0.39, 0.29) is 35.9 Å².